The Kier molecular flexibility index (Phi) is 5.38. The third kappa shape index (κ3) is 3.28. The largest absolute Gasteiger partial charge is 0.427 e. The molecule has 0 bridgehead atoms. The zero-order valence-corrected chi connectivity index (χ0v) is 17.4. The van der Waals surface area contributed by atoms with Gasteiger partial charge in [0.05, 0.1) is 5.41 Å². The number of amides is 1. The summed E-state index contributed by atoms with van der Waals surface area (Å²) in [7, 11) is 0. The highest BCUT2D eigenvalue weighted by Gasteiger charge is 2.55. The molecule has 4 heteroatoms. The van der Waals surface area contributed by atoms with E-state index in [4.69, 9.17) is 4.74 Å². The first-order valence-electron chi connectivity index (χ1n) is 10.4. The molecule has 1 aromatic rings. The van der Waals surface area contributed by atoms with Crippen LogP contribution in [-0.4, -0.2) is 29.9 Å². The molecule has 0 aromatic heterocycles. The van der Waals surface area contributed by atoms with Crippen LogP contribution in [0.25, 0.3) is 0 Å². The van der Waals surface area contributed by atoms with Crippen molar-refractivity contribution in [3.8, 4) is 5.75 Å². The lowest BCUT2D eigenvalue weighted by Crippen LogP contribution is -2.56. The number of carbonyl (C=O) groups excluding carboxylic acids is 2. The minimum Gasteiger partial charge on any atom is -0.427 e. The van der Waals surface area contributed by atoms with E-state index in [1.165, 1.54) is 18.1 Å². The number of fused-ring (bicyclic) bond motifs is 3. The van der Waals surface area contributed by atoms with E-state index in [2.05, 4.69) is 39.8 Å². The summed E-state index contributed by atoms with van der Waals surface area (Å²) in [4.78, 5) is 26.9. The van der Waals surface area contributed by atoms with Gasteiger partial charge in [-0.3, -0.25) is 9.59 Å². The van der Waals surface area contributed by atoms with Gasteiger partial charge in [0.25, 0.3) is 0 Å². The van der Waals surface area contributed by atoms with Gasteiger partial charge in [-0.15, -0.1) is 0 Å². The number of nitrogens with zero attached hydrogens (tertiary/aromatic N) is 1. The number of carbonyl (C=O) groups is 2. The number of ether oxygens (including phenoxy) is 1. The molecule has 0 spiro atoms. The molecule has 0 aliphatic heterocycles. The van der Waals surface area contributed by atoms with E-state index in [0.717, 1.165) is 45.2 Å². The molecule has 0 N–H and O–H groups in total. The zero-order chi connectivity index (χ0) is 19.8. The van der Waals surface area contributed by atoms with Crippen LogP contribution in [0.5, 0.6) is 5.75 Å². The summed E-state index contributed by atoms with van der Waals surface area (Å²) in [5.74, 6) is 0.943. The highest BCUT2D eigenvalue weighted by molar-refractivity contribution is 5.83. The van der Waals surface area contributed by atoms with Crippen molar-refractivity contribution in [1.29, 1.82) is 0 Å². The van der Waals surface area contributed by atoms with E-state index < -0.39 is 0 Å². The van der Waals surface area contributed by atoms with Crippen LogP contribution in [0.4, 0.5) is 0 Å². The zero-order valence-electron chi connectivity index (χ0n) is 17.4. The van der Waals surface area contributed by atoms with Gasteiger partial charge in [0.15, 0.2) is 0 Å². The van der Waals surface area contributed by atoms with Crippen LogP contribution >= 0.6 is 0 Å². The quantitative estimate of drug-likeness (QED) is 0.579. The lowest BCUT2D eigenvalue weighted by atomic mass is 9.49. The van der Waals surface area contributed by atoms with Crippen LogP contribution in [0.3, 0.4) is 0 Å². The van der Waals surface area contributed by atoms with Crippen molar-refractivity contribution >= 4 is 11.9 Å². The molecular formula is C23H33NO3. The fourth-order valence-electron chi connectivity index (χ4n) is 5.80. The Morgan fingerprint density at radius 3 is 2.52 bits per heavy atom. The molecule has 1 amide bonds. The summed E-state index contributed by atoms with van der Waals surface area (Å²) in [5, 5.41) is 0. The van der Waals surface area contributed by atoms with Gasteiger partial charge < -0.3 is 9.64 Å². The first-order valence-corrected chi connectivity index (χ1v) is 10.4. The van der Waals surface area contributed by atoms with Crippen molar-refractivity contribution in [3.05, 3.63) is 29.3 Å². The fourth-order valence-corrected chi connectivity index (χ4v) is 5.80. The van der Waals surface area contributed by atoms with Gasteiger partial charge in [0, 0.05) is 20.0 Å². The number of rotatable bonds is 4. The SMILES string of the molecule is CCN(CC)C(=O)[C@]1(C)CCC[C@@]2(C)c3cc(OC(C)=O)ccc3CC[C@H]12. The molecule has 3 atom stereocenters. The third-order valence-electron chi connectivity index (χ3n) is 7.13. The molecule has 27 heavy (non-hydrogen) atoms. The third-order valence-corrected chi connectivity index (χ3v) is 7.13. The molecule has 1 saturated carbocycles. The number of hydrogen-bond acceptors (Lipinski definition) is 3. The van der Waals surface area contributed by atoms with Crippen molar-refractivity contribution in [1.82, 2.24) is 4.90 Å². The Morgan fingerprint density at radius 1 is 1.19 bits per heavy atom. The molecule has 4 nitrogen and oxygen atoms in total. The van der Waals surface area contributed by atoms with Gasteiger partial charge in [0.2, 0.25) is 5.91 Å². The van der Waals surface area contributed by atoms with Crippen LogP contribution in [0, 0.1) is 11.3 Å². The molecule has 0 saturated heterocycles. The highest BCUT2D eigenvalue weighted by Crippen LogP contribution is 2.58. The van der Waals surface area contributed by atoms with Crippen molar-refractivity contribution in [3.63, 3.8) is 0 Å². The maximum absolute atomic E-state index is 13.5. The Labute approximate surface area is 163 Å². The van der Waals surface area contributed by atoms with E-state index >= 15 is 0 Å². The minimum absolute atomic E-state index is 0.0560. The lowest BCUT2D eigenvalue weighted by molar-refractivity contribution is -0.150. The van der Waals surface area contributed by atoms with E-state index in [9.17, 15) is 9.59 Å². The summed E-state index contributed by atoms with van der Waals surface area (Å²) in [6.45, 7) is 11.6. The molecule has 1 aromatic carbocycles. The molecule has 2 aliphatic carbocycles. The Hall–Kier alpha value is -1.84. The predicted molar refractivity (Wildman–Crippen MR) is 107 cm³/mol. The molecule has 1 fully saturated rings. The summed E-state index contributed by atoms with van der Waals surface area (Å²) >= 11 is 0. The van der Waals surface area contributed by atoms with Crippen molar-refractivity contribution in [2.24, 2.45) is 11.3 Å². The molecule has 0 heterocycles. The first-order chi connectivity index (χ1) is 12.8. The van der Waals surface area contributed by atoms with Gasteiger partial charge >= 0.3 is 5.97 Å². The van der Waals surface area contributed by atoms with Crippen LogP contribution in [0.2, 0.25) is 0 Å². The normalized spacial score (nSPS) is 29.4. The van der Waals surface area contributed by atoms with Gasteiger partial charge in [-0.25, -0.2) is 0 Å². The van der Waals surface area contributed by atoms with Gasteiger partial charge in [-0.05, 0) is 74.1 Å². The Morgan fingerprint density at radius 2 is 1.89 bits per heavy atom. The molecule has 3 rings (SSSR count). The first kappa shape index (κ1) is 19.9. The summed E-state index contributed by atoms with van der Waals surface area (Å²) in [6, 6.07) is 6.05. The average molecular weight is 372 g/mol. The Balaban J connectivity index is 2.02. The van der Waals surface area contributed by atoms with Crippen LogP contribution < -0.4 is 4.74 Å². The van der Waals surface area contributed by atoms with E-state index in [-0.39, 0.29) is 16.8 Å². The molecular weight excluding hydrogens is 338 g/mol. The van der Waals surface area contributed by atoms with Crippen molar-refractivity contribution in [2.45, 2.75) is 72.1 Å². The smallest absolute Gasteiger partial charge is 0.308 e. The van der Waals surface area contributed by atoms with E-state index in [1.54, 1.807) is 0 Å². The maximum Gasteiger partial charge on any atom is 0.308 e. The molecule has 148 valence electrons. The second-order valence-corrected chi connectivity index (χ2v) is 8.67. The molecule has 0 unspecified atom stereocenters. The topological polar surface area (TPSA) is 46.6 Å². The van der Waals surface area contributed by atoms with Crippen molar-refractivity contribution < 1.29 is 14.3 Å². The van der Waals surface area contributed by atoms with Gasteiger partial charge in [0.1, 0.15) is 5.75 Å². The monoisotopic (exact) mass is 371 g/mol. The number of hydrogen-bond donors (Lipinski definition) is 0. The van der Waals surface area contributed by atoms with Gasteiger partial charge in [-0.2, -0.15) is 0 Å². The highest BCUT2D eigenvalue weighted by atomic mass is 16.5. The van der Waals surface area contributed by atoms with Gasteiger partial charge in [-0.1, -0.05) is 26.3 Å². The predicted octanol–water partition coefficient (Wildman–Crippen LogP) is 4.49. The standard InChI is InChI=1S/C23H33NO3/c1-6-24(7-2)21(26)23(5)14-8-13-22(4)19-15-18(27-16(3)25)11-9-17(19)10-12-20(22)23/h9,11,15,20H,6-8,10,12-14H2,1-5H3/t20-,22-,23+/m0/s1. The average Bonchev–Trinajstić information content (AvgIpc) is 2.62. The summed E-state index contributed by atoms with van der Waals surface area (Å²) < 4.78 is 5.36. The minimum atomic E-state index is -0.325. The van der Waals surface area contributed by atoms with E-state index in [0.29, 0.717) is 17.6 Å². The fraction of sp³-hybridized carbons (Fsp3) is 0.652. The second kappa shape index (κ2) is 7.29. The lowest BCUT2D eigenvalue weighted by Gasteiger charge is -2.55. The van der Waals surface area contributed by atoms with E-state index in [1.807, 2.05) is 11.0 Å². The Bertz CT molecular complexity index is 739. The molecule has 2 aliphatic rings. The van der Waals surface area contributed by atoms with Crippen molar-refractivity contribution in [2.75, 3.05) is 13.1 Å². The summed E-state index contributed by atoms with van der Waals surface area (Å²) in [6.07, 6.45) is 5.11. The van der Waals surface area contributed by atoms with Crippen LogP contribution in [-0.2, 0) is 21.4 Å². The number of benzene rings is 1. The van der Waals surface area contributed by atoms with Crippen LogP contribution in [0.15, 0.2) is 18.2 Å². The number of esters is 1. The second-order valence-electron chi connectivity index (χ2n) is 8.67. The summed E-state index contributed by atoms with van der Waals surface area (Å²) in [5.41, 5.74) is 2.23. The van der Waals surface area contributed by atoms with Crippen LogP contribution in [0.1, 0.15) is 71.4 Å². The maximum atomic E-state index is 13.5. The molecule has 0 radical (unpaired) electrons. The number of aryl methyl sites for hydroxylation is 1.